The topological polar surface area (TPSA) is 135 Å². The van der Waals surface area contributed by atoms with E-state index in [0.29, 0.717) is 57.8 Å². The summed E-state index contributed by atoms with van der Waals surface area (Å²) in [6.07, 6.45) is 36.1. The molecule has 0 saturated carbocycles. The lowest BCUT2D eigenvalue weighted by Crippen LogP contribution is -2.27. The highest BCUT2D eigenvalue weighted by Crippen LogP contribution is 2.20. The summed E-state index contributed by atoms with van der Waals surface area (Å²) in [6.45, 7) is 11.8. The number of carbonyl (C=O) groups is 5. The SMILES string of the molecule is CCCCCCCC(CCCCCCC)OC(=O)CCCCCC(=O)OCC(COC(=O)CCCCCC(=O)OC(CCCCCCC)CCCCCCC)COC(=O)CCCN1CCCC1. The number of nitrogens with zero attached hydrogens (tertiary/aromatic N) is 1. The highest BCUT2D eigenvalue weighted by atomic mass is 16.6. The molecule has 11 heteroatoms. The molecule has 1 rings (SSSR count). The Hall–Kier alpha value is -2.69. The molecule has 0 radical (unpaired) electrons. The molecule has 0 spiro atoms. The molecule has 1 heterocycles. The highest BCUT2D eigenvalue weighted by Gasteiger charge is 2.20. The standard InChI is InChI=1S/C56H103NO10/c1-5-9-13-17-23-34-50(35-24-18-14-10-6-2)66-55(61)40-29-21-27-38-52(58)63-46-49(48-65-54(60)42-33-45-57-43-31-32-44-57)47-64-53(59)39-28-22-30-41-56(62)67-51(36-25-19-15-11-7-3)37-26-20-16-12-8-4/h49-51H,5-48H2,1-4H3. The Kier molecular flexibility index (Phi) is 42.5. The van der Waals surface area contributed by atoms with Crippen LogP contribution in [0.15, 0.2) is 0 Å². The smallest absolute Gasteiger partial charge is 0.306 e. The van der Waals surface area contributed by atoms with Crippen molar-refractivity contribution in [2.45, 2.75) is 284 Å². The Balaban J connectivity index is 2.50. The minimum absolute atomic E-state index is 0.00293. The summed E-state index contributed by atoms with van der Waals surface area (Å²) < 4.78 is 28.7. The third kappa shape index (κ3) is 39.8. The van der Waals surface area contributed by atoms with E-state index in [1.165, 1.54) is 116 Å². The molecule has 0 aromatic rings. The molecule has 0 aliphatic carbocycles. The number of likely N-dealkylation sites (tertiary alicyclic amines) is 1. The van der Waals surface area contributed by atoms with Gasteiger partial charge in [-0.25, -0.2) is 0 Å². The summed E-state index contributed by atoms with van der Waals surface area (Å²) in [7, 11) is 0. The lowest BCUT2D eigenvalue weighted by Gasteiger charge is -2.18. The molecule has 0 atom stereocenters. The third-order valence-corrected chi connectivity index (χ3v) is 13.1. The Bertz CT molecular complexity index is 1110. The summed E-state index contributed by atoms with van der Waals surface area (Å²) in [5.74, 6) is -1.83. The second-order valence-corrected chi connectivity index (χ2v) is 19.7. The second kappa shape index (κ2) is 45.7. The summed E-state index contributed by atoms with van der Waals surface area (Å²) in [5.41, 5.74) is 0. The van der Waals surface area contributed by atoms with Crippen LogP contribution >= 0.6 is 0 Å². The van der Waals surface area contributed by atoms with Crippen LogP contribution in [0.3, 0.4) is 0 Å². The van der Waals surface area contributed by atoms with Crippen molar-refractivity contribution in [1.82, 2.24) is 4.90 Å². The van der Waals surface area contributed by atoms with Gasteiger partial charge < -0.3 is 28.6 Å². The van der Waals surface area contributed by atoms with E-state index in [-0.39, 0.29) is 74.7 Å². The molecule has 1 aliphatic rings. The van der Waals surface area contributed by atoms with E-state index in [1.54, 1.807) is 0 Å². The Morgan fingerprint density at radius 3 is 0.970 bits per heavy atom. The first kappa shape index (κ1) is 62.3. The fraction of sp³-hybridized carbons (Fsp3) is 0.911. The molecule has 0 unspecified atom stereocenters. The molecule has 0 N–H and O–H groups in total. The zero-order valence-corrected chi connectivity index (χ0v) is 43.9. The lowest BCUT2D eigenvalue weighted by atomic mass is 10.0. The quantitative estimate of drug-likeness (QED) is 0.0328. The maximum Gasteiger partial charge on any atom is 0.306 e. The van der Waals surface area contributed by atoms with Gasteiger partial charge in [-0.05, 0) is 116 Å². The van der Waals surface area contributed by atoms with Gasteiger partial charge in [-0.3, -0.25) is 24.0 Å². The normalized spacial score (nSPS) is 12.9. The van der Waals surface area contributed by atoms with E-state index >= 15 is 0 Å². The molecule has 0 aromatic heterocycles. The first-order valence-electron chi connectivity index (χ1n) is 28.3. The van der Waals surface area contributed by atoms with E-state index in [9.17, 15) is 24.0 Å². The van der Waals surface area contributed by atoms with Gasteiger partial charge in [0, 0.05) is 32.1 Å². The van der Waals surface area contributed by atoms with Crippen LogP contribution in [0.1, 0.15) is 272 Å². The van der Waals surface area contributed by atoms with Crippen molar-refractivity contribution in [1.29, 1.82) is 0 Å². The molecule has 1 aliphatic heterocycles. The van der Waals surface area contributed by atoms with Crippen LogP contribution in [0.4, 0.5) is 0 Å². The average Bonchev–Trinajstić information content (AvgIpc) is 3.84. The van der Waals surface area contributed by atoms with E-state index in [2.05, 4.69) is 32.6 Å². The molecule has 11 nitrogen and oxygen atoms in total. The van der Waals surface area contributed by atoms with Crippen LogP contribution in [-0.2, 0) is 47.7 Å². The van der Waals surface area contributed by atoms with Crippen LogP contribution in [0.25, 0.3) is 0 Å². The number of unbranched alkanes of at least 4 members (excludes halogenated alkanes) is 20. The molecule has 0 aromatic carbocycles. The summed E-state index contributed by atoms with van der Waals surface area (Å²) in [6, 6.07) is 0. The van der Waals surface area contributed by atoms with Gasteiger partial charge in [0.05, 0.1) is 5.92 Å². The molecule has 67 heavy (non-hydrogen) atoms. The van der Waals surface area contributed by atoms with E-state index in [0.717, 1.165) is 77.4 Å². The van der Waals surface area contributed by atoms with Gasteiger partial charge in [0.15, 0.2) is 0 Å². The largest absolute Gasteiger partial charge is 0.465 e. The fourth-order valence-corrected chi connectivity index (χ4v) is 8.79. The van der Waals surface area contributed by atoms with Gasteiger partial charge in [0.25, 0.3) is 0 Å². The van der Waals surface area contributed by atoms with Crippen molar-refractivity contribution in [3.8, 4) is 0 Å². The van der Waals surface area contributed by atoms with Crippen molar-refractivity contribution < 1.29 is 47.7 Å². The minimum Gasteiger partial charge on any atom is -0.465 e. The maximum atomic E-state index is 12.8. The van der Waals surface area contributed by atoms with Gasteiger partial charge in [0.1, 0.15) is 32.0 Å². The van der Waals surface area contributed by atoms with Gasteiger partial charge in [-0.15, -0.1) is 0 Å². The molecular formula is C56H103NO10. The van der Waals surface area contributed by atoms with Gasteiger partial charge in [-0.1, -0.05) is 143 Å². The lowest BCUT2D eigenvalue weighted by molar-refractivity contribution is -0.154. The number of carbonyl (C=O) groups excluding carboxylic acids is 5. The Morgan fingerprint density at radius 2 is 0.642 bits per heavy atom. The van der Waals surface area contributed by atoms with Crippen molar-refractivity contribution in [3.63, 3.8) is 0 Å². The van der Waals surface area contributed by atoms with Gasteiger partial charge >= 0.3 is 29.8 Å². The number of hydrogen-bond acceptors (Lipinski definition) is 11. The second-order valence-electron chi connectivity index (χ2n) is 19.7. The Morgan fingerprint density at radius 1 is 0.358 bits per heavy atom. The Labute approximate surface area is 410 Å². The predicted octanol–water partition coefficient (Wildman–Crippen LogP) is 14.3. The number of esters is 5. The minimum atomic E-state index is -0.488. The van der Waals surface area contributed by atoms with Crippen LogP contribution in [0.5, 0.6) is 0 Å². The summed E-state index contributed by atoms with van der Waals surface area (Å²) in [4.78, 5) is 66.1. The zero-order chi connectivity index (χ0) is 48.8. The van der Waals surface area contributed by atoms with Crippen LogP contribution in [-0.4, -0.2) is 86.4 Å². The van der Waals surface area contributed by atoms with E-state index < -0.39 is 5.92 Å². The van der Waals surface area contributed by atoms with Crippen LogP contribution in [0, 0.1) is 5.92 Å². The van der Waals surface area contributed by atoms with Crippen LogP contribution in [0.2, 0.25) is 0 Å². The van der Waals surface area contributed by atoms with E-state index in [1.807, 2.05) is 0 Å². The molecule has 1 saturated heterocycles. The molecule has 0 amide bonds. The predicted molar refractivity (Wildman–Crippen MR) is 271 cm³/mol. The summed E-state index contributed by atoms with van der Waals surface area (Å²) in [5, 5.41) is 0. The molecule has 392 valence electrons. The maximum absolute atomic E-state index is 12.8. The van der Waals surface area contributed by atoms with Crippen molar-refractivity contribution in [2.24, 2.45) is 5.92 Å². The molecular weight excluding hydrogens is 847 g/mol. The van der Waals surface area contributed by atoms with Crippen LogP contribution < -0.4 is 0 Å². The average molecular weight is 950 g/mol. The first-order valence-corrected chi connectivity index (χ1v) is 28.3. The number of ether oxygens (including phenoxy) is 5. The number of rotatable bonds is 48. The molecule has 0 bridgehead atoms. The summed E-state index contributed by atoms with van der Waals surface area (Å²) >= 11 is 0. The van der Waals surface area contributed by atoms with Crippen molar-refractivity contribution in [2.75, 3.05) is 39.5 Å². The van der Waals surface area contributed by atoms with Gasteiger partial charge in [-0.2, -0.15) is 0 Å². The number of hydrogen-bond donors (Lipinski definition) is 0. The molecule has 1 fully saturated rings. The monoisotopic (exact) mass is 950 g/mol. The third-order valence-electron chi connectivity index (χ3n) is 13.1. The van der Waals surface area contributed by atoms with Crippen molar-refractivity contribution in [3.05, 3.63) is 0 Å². The first-order chi connectivity index (χ1) is 32.7. The van der Waals surface area contributed by atoms with E-state index in [4.69, 9.17) is 23.7 Å². The fourth-order valence-electron chi connectivity index (χ4n) is 8.79. The highest BCUT2D eigenvalue weighted by molar-refractivity contribution is 5.71. The zero-order valence-electron chi connectivity index (χ0n) is 43.9. The van der Waals surface area contributed by atoms with Gasteiger partial charge in [0.2, 0.25) is 0 Å². The van der Waals surface area contributed by atoms with Crippen molar-refractivity contribution >= 4 is 29.8 Å².